The van der Waals surface area contributed by atoms with Gasteiger partial charge in [-0.15, -0.1) is 0 Å². The molecule has 1 fully saturated rings. The Morgan fingerprint density at radius 2 is 1.76 bits per heavy atom. The quantitative estimate of drug-likeness (QED) is 0.801. The first-order valence-electron chi connectivity index (χ1n) is 8.48. The van der Waals surface area contributed by atoms with Gasteiger partial charge >= 0.3 is 5.97 Å². The molecule has 6 nitrogen and oxygen atoms in total. The number of esters is 1. The molecule has 0 bridgehead atoms. The largest absolute Gasteiger partial charge is 0.443 e. The summed E-state index contributed by atoms with van der Waals surface area (Å²) in [5.74, 6) is -0.828. The Balaban J connectivity index is 1.82. The molecule has 1 aliphatic rings. The molecule has 0 aliphatic carbocycles. The van der Waals surface area contributed by atoms with Crippen LogP contribution in [-0.4, -0.2) is 39.8 Å². The fourth-order valence-corrected chi connectivity index (χ4v) is 2.83. The Morgan fingerprint density at radius 3 is 2.40 bits per heavy atom. The number of piperidine rings is 1. The lowest BCUT2D eigenvalue weighted by Crippen LogP contribution is -2.40. The van der Waals surface area contributed by atoms with Crippen LogP contribution in [0.2, 0.25) is 0 Å². The summed E-state index contributed by atoms with van der Waals surface area (Å²) in [6.45, 7) is 3.18. The van der Waals surface area contributed by atoms with Crippen LogP contribution in [-0.2, 0) is 9.53 Å². The van der Waals surface area contributed by atoms with Crippen LogP contribution in [0.25, 0.3) is 0 Å². The standard InChI is InChI=1S/C19H21N3O3/c1-14-12-21-16(13-20-14)19(24)25-17(15-8-4-2-5-9-15)18(23)22-10-6-3-7-11-22/h2,4-5,8-9,12-13,17H,3,6-7,10-11H2,1H3/t17-/m0/s1. The molecule has 1 saturated heterocycles. The lowest BCUT2D eigenvalue weighted by atomic mass is 10.1. The molecule has 6 heteroatoms. The summed E-state index contributed by atoms with van der Waals surface area (Å²) >= 11 is 0. The van der Waals surface area contributed by atoms with Crippen LogP contribution in [0.15, 0.2) is 42.7 Å². The van der Waals surface area contributed by atoms with E-state index in [1.165, 1.54) is 12.4 Å². The molecule has 1 aromatic heterocycles. The molecule has 25 heavy (non-hydrogen) atoms. The number of likely N-dealkylation sites (tertiary alicyclic amines) is 1. The zero-order valence-corrected chi connectivity index (χ0v) is 14.2. The van der Waals surface area contributed by atoms with E-state index in [0.717, 1.165) is 19.3 Å². The van der Waals surface area contributed by atoms with Gasteiger partial charge < -0.3 is 9.64 Å². The molecule has 0 radical (unpaired) electrons. The van der Waals surface area contributed by atoms with Gasteiger partial charge in [-0.2, -0.15) is 0 Å². The van der Waals surface area contributed by atoms with E-state index < -0.39 is 12.1 Å². The van der Waals surface area contributed by atoms with Crippen LogP contribution in [0.3, 0.4) is 0 Å². The Morgan fingerprint density at radius 1 is 1.04 bits per heavy atom. The van der Waals surface area contributed by atoms with E-state index >= 15 is 0 Å². The summed E-state index contributed by atoms with van der Waals surface area (Å²) in [6.07, 6.45) is 4.98. The van der Waals surface area contributed by atoms with E-state index in [2.05, 4.69) is 9.97 Å². The summed E-state index contributed by atoms with van der Waals surface area (Å²) in [4.78, 5) is 35.2. The molecular weight excluding hydrogens is 318 g/mol. The van der Waals surface area contributed by atoms with Crippen LogP contribution >= 0.6 is 0 Å². The van der Waals surface area contributed by atoms with Crippen molar-refractivity contribution in [2.45, 2.75) is 32.3 Å². The van der Waals surface area contributed by atoms with Gasteiger partial charge in [0, 0.05) is 24.8 Å². The zero-order chi connectivity index (χ0) is 17.6. The summed E-state index contributed by atoms with van der Waals surface area (Å²) in [5.41, 5.74) is 1.46. The van der Waals surface area contributed by atoms with Crippen LogP contribution in [0.4, 0.5) is 0 Å². The Labute approximate surface area is 146 Å². The molecule has 3 rings (SSSR count). The second-order valence-corrected chi connectivity index (χ2v) is 6.12. The monoisotopic (exact) mass is 339 g/mol. The number of aromatic nitrogens is 2. The normalized spacial score (nSPS) is 15.5. The zero-order valence-electron chi connectivity index (χ0n) is 14.2. The van der Waals surface area contributed by atoms with Crippen molar-refractivity contribution in [3.8, 4) is 0 Å². The van der Waals surface area contributed by atoms with Crippen molar-refractivity contribution >= 4 is 11.9 Å². The van der Waals surface area contributed by atoms with Crippen LogP contribution in [0, 0.1) is 6.92 Å². The number of hydrogen-bond donors (Lipinski definition) is 0. The SMILES string of the molecule is Cc1cnc(C(=O)O[C@H](C(=O)N2CCCCC2)c2ccccc2)cn1. The van der Waals surface area contributed by atoms with Gasteiger partial charge in [-0.05, 0) is 26.2 Å². The minimum absolute atomic E-state index is 0.0953. The second kappa shape index (κ2) is 7.88. The third-order valence-corrected chi connectivity index (χ3v) is 4.21. The molecular formula is C19H21N3O3. The van der Waals surface area contributed by atoms with Gasteiger partial charge in [-0.1, -0.05) is 30.3 Å². The van der Waals surface area contributed by atoms with Crippen molar-refractivity contribution in [2.24, 2.45) is 0 Å². The fraction of sp³-hybridized carbons (Fsp3) is 0.368. The number of aryl methyl sites for hydroxylation is 1. The minimum atomic E-state index is -0.963. The highest BCUT2D eigenvalue weighted by atomic mass is 16.5. The van der Waals surface area contributed by atoms with E-state index in [-0.39, 0.29) is 11.6 Å². The molecule has 0 saturated carbocycles. The van der Waals surface area contributed by atoms with Gasteiger partial charge in [0.25, 0.3) is 5.91 Å². The third kappa shape index (κ3) is 4.21. The highest BCUT2D eigenvalue weighted by Crippen LogP contribution is 2.23. The predicted octanol–water partition coefficient (Wildman–Crippen LogP) is 2.70. The number of hydrogen-bond acceptors (Lipinski definition) is 5. The van der Waals surface area contributed by atoms with E-state index in [1.807, 2.05) is 18.2 Å². The highest BCUT2D eigenvalue weighted by Gasteiger charge is 2.30. The molecule has 1 aromatic carbocycles. The lowest BCUT2D eigenvalue weighted by Gasteiger charge is -2.30. The average Bonchev–Trinajstić information content (AvgIpc) is 2.67. The summed E-state index contributed by atoms with van der Waals surface area (Å²) in [6, 6.07) is 9.09. The fourth-order valence-electron chi connectivity index (χ4n) is 2.83. The first-order chi connectivity index (χ1) is 12.1. The van der Waals surface area contributed by atoms with Gasteiger partial charge in [0.05, 0.1) is 11.9 Å². The third-order valence-electron chi connectivity index (χ3n) is 4.21. The smallest absolute Gasteiger partial charge is 0.359 e. The van der Waals surface area contributed by atoms with Crippen molar-refractivity contribution in [3.63, 3.8) is 0 Å². The summed E-state index contributed by atoms with van der Waals surface area (Å²) in [7, 11) is 0. The van der Waals surface area contributed by atoms with E-state index in [4.69, 9.17) is 4.74 Å². The van der Waals surface area contributed by atoms with E-state index in [0.29, 0.717) is 24.3 Å². The van der Waals surface area contributed by atoms with Crippen molar-refractivity contribution in [1.82, 2.24) is 14.9 Å². The highest BCUT2D eigenvalue weighted by molar-refractivity contribution is 5.91. The second-order valence-electron chi connectivity index (χ2n) is 6.12. The van der Waals surface area contributed by atoms with Crippen molar-refractivity contribution in [2.75, 3.05) is 13.1 Å². The molecule has 1 amide bonds. The molecule has 1 atom stereocenters. The molecule has 0 spiro atoms. The number of benzene rings is 1. The van der Waals surface area contributed by atoms with Gasteiger partial charge in [-0.3, -0.25) is 9.78 Å². The predicted molar refractivity (Wildman–Crippen MR) is 91.8 cm³/mol. The topological polar surface area (TPSA) is 72.4 Å². The Bertz CT molecular complexity index is 725. The first kappa shape index (κ1) is 17.1. The number of nitrogens with zero attached hydrogens (tertiary/aromatic N) is 3. The average molecular weight is 339 g/mol. The number of carbonyl (C=O) groups is 2. The van der Waals surface area contributed by atoms with Gasteiger partial charge in [0.2, 0.25) is 6.10 Å². The number of rotatable bonds is 4. The molecule has 2 heterocycles. The Hall–Kier alpha value is -2.76. The molecule has 0 N–H and O–H groups in total. The van der Waals surface area contributed by atoms with Crippen LogP contribution < -0.4 is 0 Å². The van der Waals surface area contributed by atoms with Gasteiger partial charge in [-0.25, -0.2) is 9.78 Å². The summed E-state index contributed by atoms with van der Waals surface area (Å²) in [5, 5.41) is 0. The van der Waals surface area contributed by atoms with Crippen molar-refractivity contribution in [3.05, 3.63) is 59.7 Å². The minimum Gasteiger partial charge on any atom is -0.443 e. The number of amides is 1. The molecule has 1 aliphatic heterocycles. The van der Waals surface area contributed by atoms with E-state index in [9.17, 15) is 9.59 Å². The van der Waals surface area contributed by atoms with Gasteiger partial charge in [0.15, 0.2) is 5.69 Å². The maximum Gasteiger partial charge on any atom is 0.359 e. The summed E-state index contributed by atoms with van der Waals surface area (Å²) < 4.78 is 5.54. The van der Waals surface area contributed by atoms with Crippen molar-refractivity contribution in [1.29, 1.82) is 0 Å². The molecule has 2 aromatic rings. The maximum absolute atomic E-state index is 12.9. The molecule has 0 unspecified atom stereocenters. The maximum atomic E-state index is 12.9. The van der Waals surface area contributed by atoms with E-state index in [1.54, 1.807) is 24.0 Å². The van der Waals surface area contributed by atoms with Crippen LogP contribution in [0.5, 0.6) is 0 Å². The number of carbonyl (C=O) groups excluding carboxylic acids is 2. The molecule has 130 valence electrons. The van der Waals surface area contributed by atoms with Gasteiger partial charge in [0.1, 0.15) is 0 Å². The first-order valence-corrected chi connectivity index (χ1v) is 8.48. The lowest BCUT2D eigenvalue weighted by molar-refractivity contribution is -0.142. The number of ether oxygens (including phenoxy) is 1. The van der Waals surface area contributed by atoms with Crippen LogP contribution in [0.1, 0.15) is 47.1 Å². The Kier molecular flexibility index (Phi) is 5.38. The van der Waals surface area contributed by atoms with Crippen molar-refractivity contribution < 1.29 is 14.3 Å².